The van der Waals surface area contributed by atoms with Gasteiger partial charge in [0, 0.05) is 31.4 Å². The lowest BCUT2D eigenvalue weighted by atomic mass is 9.73. The lowest BCUT2D eigenvalue weighted by Gasteiger charge is -2.48. The van der Waals surface area contributed by atoms with E-state index >= 15 is 0 Å². The van der Waals surface area contributed by atoms with Gasteiger partial charge in [0.05, 0.1) is 11.6 Å². The van der Waals surface area contributed by atoms with E-state index in [1.54, 1.807) is 12.1 Å². The number of carbonyl (C=O) groups is 3. The molecule has 4 atom stereocenters. The molecule has 0 saturated carbocycles. The van der Waals surface area contributed by atoms with Crippen molar-refractivity contribution in [3.8, 4) is 11.5 Å². The van der Waals surface area contributed by atoms with Crippen molar-refractivity contribution in [3.63, 3.8) is 0 Å². The molecule has 0 radical (unpaired) electrons. The van der Waals surface area contributed by atoms with Crippen molar-refractivity contribution in [1.29, 1.82) is 0 Å². The Balaban J connectivity index is 1.71. The molecule has 54 heavy (non-hydrogen) atoms. The molecule has 1 unspecified atom stereocenters. The molecule has 1 amide bonds. The quantitative estimate of drug-likeness (QED) is 0.0324. The summed E-state index contributed by atoms with van der Waals surface area (Å²) in [6.45, 7) is 12.6. The summed E-state index contributed by atoms with van der Waals surface area (Å²) in [7, 11) is -3.81. The lowest BCUT2D eigenvalue weighted by Crippen LogP contribution is -2.70. The van der Waals surface area contributed by atoms with Crippen LogP contribution in [0.1, 0.15) is 96.6 Å². The number of benzene rings is 1. The molecule has 5 N–H and O–H groups in total. The van der Waals surface area contributed by atoms with Crippen molar-refractivity contribution in [2.45, 2.75) is 104 Å². The van der Waals surface area contributed by atoms with Crippen LogP contribution < -0.4 is 10.5 Å². The van der Waals surface area contributed by atoms with Crippen molar-refractivity contribution in [2.24, 2.45) is 27.7 Å². The normalized spacial score (nSPS) is 21.8. The zero-order chi connectivity index (χ0) is 40.3. The van der Waals surface area contributed by atoms with Gasteiger partial charge < -0.3 is 30.4 Å². The largest absolute Gasteiger partial charge is 0.507 e. The number of aromatic hydroxyl groups is 1. The predicted octanol–water partition coefficient (Wildman–Crippen LogP) is 5.16. The van der Waals surface area contributed by atoms with Crippen LogP contribution in [0.2, 0.25) is 0 Å². The van der Waals surface area contributed by atoms with Crippen LogP contribution in [0.25, 0.3) is 0 Å². The maximum Gasteiger partial charge on any atom is 0.364 e. The molecule has 1 saturated heterocycles. The van der Waals surface area contributed by atoms with Crippen LogP contribution in [0.3, 0.4) is 0 Å². The molecule has 2 aliphatic heterocycles. The predicted molar refractivity (Wildman–Crippen MR) is 206 cm³/mol. The zero-order valence-corrected chi connectivity index (χ0v) is 33.0. The highest BCUT2D eigenvalue weighted by atomic mass is 32.2. The zero-order valence-electron chi connectivity index (χ0n) is 31.4. The third-order valence-electron chi connectivity index (χ3n) is 9.79. The van der Waals surface area contributed by atoms with Gasteiger partial charge in [0.1, 0.15) is 23.5 Å². The number of rotatable bonds is 16. The van der Waals surface area contributed by atoms with Gasteiger partial charge in [-0.2, -0.15) is 12.7 Å². The number of amidine groups is 1. The highest BCUT2D eigenvalue weighted by molar-refractivity contribution is 7.84. The Morgan fingerprint density at radius 1 is 1.26 bits per heavy atom. The molecule has 17 heteroatoms. The van der Waals surface area contributed by atoms with E-state index in [1.807, 2.05) is 13.8 Å². The van der Waals surface area contributed by atoms with Crippen LogP contribution in [0.15, 0.2) is 57.9 Å². The smallest absolute Gasteiger partial charge is 0.364 e. The minimum absolute atomic E-state index is 0.00173. The standard InChI is InChI=1S/C37H49N5O10S2/c1-8-9-10-11-22-17-27(43)31(24-16-21(4)12-13-23(24)20(2)3)29(18-22)51-36(53)41(7)33-25(34(45)42(33)54(48,49)50)19-28(44)32(26-14-15-30(38)39-26)40-52-37(5,6)35(46)47/h14,16-18,23-25,33,43H,2,8-13,15,19H2,1,3-7H3,(H2,38,39)(H,46,47)(H,48,49,50)/b40-32-/t23-,24+,25-,33?/m0/s1. The van der Waals surface area contributed by atoms with Crippen LogP contribution in [0.5, 0.6) is 11.5 Å². The van der Waals surface area contributed by atoms with Crippen molar-refractivity contribution in [3.05, 3.63) is 58.8 Å². The van der Waals surface area contributed by atoms with E-state index in [9.17, 15) is 37.6 Å². The number of aryl methyl sites for hydroxylation is 1. The molecule has 1 aliphatic carbocycles. The number of nitrogens with two attached hydrogens (primary N) is 1. The fourth-order valence-electron chi connectivity index (χ4n) is 6.70. The molecule has 3 aliphatic rings. The number of ether oxygens (including phenoxy) is 1. The third-order valence-corrected chi connectivity index (χ3v) is 11.1. The minimum Gasteiger partial charge on any atom is -0.507 e. The Labute approximate surface area is 321 Å². The number of nitrogens with zero attached hydrogens (tertiary/aromatic N) is 4. The molecule has 1 fully saturated rings. The number of β-lactam (4-membered cyclic amide) rings is 1. The van der Waals surface area contributed by atoms with Gasteiger partial charge in [-0.15, -0.1) is 0 Å². The van der Waals surface area contributed by atoms with Gasteiger partial charge in [-0.25, -0.2) is 9.79 Å². The summed E-state index contributed by atoms with van der Waals surface area (Å²) in [6, 6.07) is 3.50. The summed E-state index contributed by atoms with van der Waals surface area (Å²) in [6.07, 6.45) is 6.62. The maximum absolute atomic E-state index is 13.8. The number of allylic oxidation sites excluding steroid dienone is 4. The number of phenolic OH excluding ortho intramolecular Hbond substituents is 1. The number of carboxylic acids is 1. The summed E-state index contributed by atoms with van der Waals surface area (Å²) in [4.78, 5) is 49.1. The number of carbonyl (C=O) groups excluding carboxylic acids is 2. The first-order valence-corrected chi connectivity index (χ1v) is 19.5. The van der Waals surface area contributed by atoms with Crippen LogP contribution in [0, 0.1) is 11.8 Å². The van der Waals surface area contributed by atoms with E-state index in [-0.39, 0.29) is 50.8 Å². The van der Waals surface area contributed by atoms with Gasteiger partial charge >= 0.3 is 16.3 Å². The number of oxime groups is 1. The molecule has 1 aromatic carbocycles. The second-order valence-electron chi connectivity index (χ2n) is 14.5. The first kappa shape index (κ1) is 42.1. The molecule has 0 bridgehead atoms. The molecular formula is C37H49N5O10S2. The summed E-state index contributed by atoms with van der Waals surface area (Å²) in [5.41, 5.74) is 6.80. The average molecular weight is 788 g/mol. The Bertz CT molecular complexity index is 1950. The van der Waals surface area contributed by atoms with Crippen LogP contribution in [0.4, 0.5) is 0 Å². The second-order valence-corrected chi connectivity index (χ2v) is 16.1. The monoisotopic (exact) mass is 787 g/mol. The number of aliphatic carboxylic acids is 1. The number of thiocarbonyl (C=S) groups is 1. The number of Topliss-reactive ketones (excluding diaryl/α,β-unsaturated/α-hetero) is 1. The Morgan fingerprint density at radius 2 is 1.94 bits per heavy atom. The maximum atomic E-state index is 13.8. The van der Waals surface area contributed by atoms with Gasteiger partial charge in [-0.1, -0.05) is 48.7 Å². The van der Waals surface area contributed by atoms with Crippen molar-refractivity contribution < 1.29 is 47.1 Å². The van der Waals surface area contributed by atoms with Crippen LogP contribution in [-0.4, -0.2) is 85.6 Å². The summed E-state index contributed by atoms with van der Waals surface area (Å²) in [5, 5.41) is 24.5. The topological polar surface area (TPSA) is 222 Å². The Morgan fingerprint density at radius 3 is 2.52 bits per heavy atom. The minimum atomic E-state index is -5.15. The van der Waals surface area contributed by atoms with Crippen LogP contribution >= 0.6 is 12.2 Å². The van der Waals surface area contributed by atoms with Gasteiger partial charge in [-0.05, 0) is 95.3 Å². The second kappa shape index (κ2) is 16.8. The fourth-order valence-corrected chi connectivity index (χ4v) is 7.82. The average Bonchev–Trinajstić information content (AvgIpc) is 3.50. The highest BCUT2D eigenvalue weighted by Gasteiger charge is 2.57. The fraction of sp³-hybridized carbons (Fsp3) is 0.514. The number of hydrogen-bond acceptors (Lipinski definition) is 12. The first-order valence-electron chi connectivity index (χ1n) is 17.7. The first-order chi connectivity index (χ1) is 25.2. The number of phenols is 1. The summed E-state index contributed by atoms with van der Waals surface area (Å²) >= 11 is 5.68. The van der Waals surface area contributed by atoms with Crippen molar-refractivity contribution >= 4 is 56.9 Å². The number of carboxylic acid groups (broad SMARTS) is 1. The van der Waals surface area contributed by atoms with Crippen molar-refractivity contribution in [1.82, 2.24) is 9.21 Å². The summed E-state index contributed by atoms with van der Waals surface area (Å²) in [5.74, 6) is -4.70. The molecule has 294 valence electrons. The van der Waals surface area contributed by atoms with Gasteiger partial charge in [0.15, 0.2) is 11.5 Å². The van der Waals surface area contributed by atoms with Crippen molar-refractivity contribution in [2.75, 3.05) is 7.05 Å². The number of unbranched alkanes of at least 4 members (excludes halogenated alkanes) is 2. The summed E-state index contributed by atoms with van der Waals surface area (Å²) < 4.78 is 41.5. The van der Waals surface area contributed by atoms with Gasteiger partial charge in [0.25, 0.3) is 5.17 Å². The lowest BCUT2D eigenvalue weighted by molar-refractivity contribution is -0.161. The van der Waals surface area contributed by atoms with E-state index in [2.05, 4.69) is 29.7 Å². The van der Waals surface area contributed by atoms with Gasteiger partial charge in [-0.3, -0.25) is 14.1 Å². The molecular weight excluding hydrogens is 739 g/mol. The molecule has 0 spiro atoms. The number of ketones is 1. The van der Waals surface area contributed by atoms with E-state index in [1.165, 1.54) is 27.0 Å². The highest BCUT2D eigenvalue weighted by Crippen LogP contribution is 2.47. The third kappa shape index (κ3) is 9.36. The van der Waals surface area contributed by atoms with E-state index in [4.69, 9.17) is 27.5 Å². The number of aliphatic imine (C=N–C) groups is 1. The SMILES string of the molecule is C=C(C)[C@@H]1CCC(C)=C[C@H]1c1c(O)cc(CCCCC)cc1OC(=S)N(C)C1[C@H](CC(=O)/C(=N\OC(C)(C)C(=O)O)C2=CCC(N)=N2)C(=O)N1S(=O)(=O)O. The van der Waals surface area contributed by atoms with E-state index in [0.29, 0.717) is 12.0 Å². The van der Waals surface area contributed by atoms with Gasteiger partial charge in [0.2, 0.25) is 11.5 Å². The Hall–Kier alpha value is -4.61. The molecule has 0 aromatic heterocycles. The van der Waals surface area contributed by atoms with Crippen LogP contribution in [-0.2, 0) is 35.9 Å². The number of amides is 1. The van der Waals surface area contributed by atoms with E-state index in [0.717, 1.165) is 53.7 Å². The Kier molecular flexibility index (Phi) is 13.1. The van der Waals surface area contributed by atoms with E-state index < -0.39 is 57.8 Å². The molecule has 4 rings (SSSR count). The molecule has 1 aromatic rings. The molecule has 2 heterocycles. The number of hydrogen-bond donors (Lipinski definition) is 4. The molecule has 15 nitrogen and oxygen atoms in total.